The topological polar surface area (TPSA) is 121 Å². The number of carbonyl (C=O) groups excluding carboxylic acids is 1. The minimum atomic E-state index is -0.731. The molecule has 2 N–H and O–H groups in total. The van der Waals surface area contributed by atoms with Gasteiger partial charge in [0.2, 0.25) is 5.91 Å². The van der Waals surface area contributed by atoms with Crippen LogP contribution in [0.1, 0.15) is 5.76 Å². The Labute approximate surface area is 88.8 Å². The summed E-state index contributed by atoms with van der Waals surface area (Å²) in [5.74, 6) is -1.65. The second-order valence-electron chi connectivity index (χ2n) is 3.12. The zero-order chi connectivity index (χ0) is 11.7. The third-order valence-electron chi connectivity index (χ3n) is 2.10. The van der Waals surface area contributed by atoms with Gasteiger partial charge in [-0.25, -0.2) is 0 Å². The molecule has 8 heteroatoms. The second kappa shape index (κ2) is 3.65. The summed E-state index contributed by atoms with van der Waals surface area (Å²) < 4.78 is 4.89. The minimum absolute atomic E-state index is 0.0269. The van der Waals surface area contributed by atoms with E-state index in [0.717, 1.165) is 0 Å². The molecule has 16 heavy (non-hydrogen) atoms. The summed E-state index contributed by atoms with van der Waals surface area (Å²) in [4.78, 5) is 25.4. The van der Waals surface area contributed by atoms with Crippen molar-refractivity contribution in [2.45, 2.75) is 0 Å². The average Bonchev–Trinajstić information content (AvgIpc) is 2.86. The fraction of sp³-hybridized carbons (Fsp3) is 0.250. The van der Waals surface area contributed by atoms with Crippen molar-refractivity contribution in [1.82, 2.24) is 0 Å². The summed E-state index contributed by atoms with van der Waals surface area (Å²) in [6.45, 7) is 0.0269. The Morgan fingerprint density at radius 3 is 2.94 bits per heavy atom. The first kappa shape index (κ1) is 10.1. The number of rotatable bonds is 3. The highest BCUT2D eigenvalue weighted by molar-refractivity contribution is 6.12. The van der Waals surface area contributed by atoms with Crippen LogP contribution in [0.3, 0.4) is 0 Å². The van der Waals surface area contributed by atoms with E-state index in [4.69, 9.17) is 15.0 Å². The van der Waals surface area contributed by atoms with Crippen molar-refractivity contribution in [2.75, 3.05) is 6.61 Å². The lowest BCUT2D eigenvalue weighted by molar-refractivity contribution is -0.402. The highest BCUT2D eigenvalue weighted by atomic mass is 16.7. The summed E-state index contributed by atoms with van der Waals surface area (Å²) in [7, 11) is 0. The first-order valence-corrected chi connectivity index (χ1v) is 4.33. The minimum Gasteiger partial charge on any atom is -0.399 e. The fourth-order valence-electron chi connectivity index (χ4n) is 1.32. The van der Waals surface area contributed by atoms with Crippen LogP contribution < -0.4 is 5.73 Å². The molecule has 1 aliphatic rings. The van der Waals surface area contributed by atoms with Crippen molar-refractivity contribution in [3.8, 4) is 0 Å². The molecule has 0 saturated heterocycles. The lowest BCUT2D eigenvalue weighted by atomic mass is 10.0. The molecule has 0 fully saturated rings. The maximum Gasteiger partial charge on any atom is 0.433 e. The van der Waals surface area contributed by atoms with Gasteiger partial charge in [0.25, 0.3) is 0 Å². The van der Waals surface area contributed by atoms with E-state index in [1.54, 1.807) is 0 Å². The Balaban J connectivity index is 2.30. The standard InChI is InChI=1S/C8H7N3O5/c9-8(12)4-3-15-10-7(4)5-1-2-6(16-5)11(13)14/h1-2,4H,3H2,(H2,9,12). The monoisotopic (exact) mass is 225 g/mol. The van der Waals surface area contributed by atoms with Gasteiger partial charge in [0.1, 0.15) is 23.2 Å². The number of oxime groups is 1. The molecule has 0 radical (unpaired) electrons. The van der Waals surface area contributed by atoms with E-state index in [2.05, 4.69) is 5.16 Å². The summed E-state index contributed by atoms with van der Waals surface area (Å²) in [5, 5.41) is 14.0. The molecule has 1 aliphatic heterocycles. The van der Waals surface area contributed by atoms with Gasteiger partial charge in [0.05, 0.1) is 6.07 Å². The fourth-order valence-corrected chi connectivity index (χ4v) is 1.32. The molecule has 1 unspecified atom stereocenters. The van der Waals surface area contributed by atoms with Crippen LogP contribution >= 0.6 is 0 Å². The van der Waals surface area contributed by atoms with Crippen LogP contribution in [-0.4, -0.2) is 23.1 Å². The number of hydrogen-bond acceptors (Lipinski definition) is 6. The van der Waals surface area contributed by atoms with Gasteiger partial charge in [-0.2, -0.15) is 0 Å². The second-order valence-corrected chi connectivity index (χ2v) is 3.12. The Hall–Kier alpha value is -2.38. The van der Waals surface area contributed by atoms with Gasteiger partial charge in [0, 0.05) is 0 Å². The molecular weight excluding hydrogens is 218 g/mol. The maximum absolute atomic E-state index is 11.0. The number of furan rings is 1. The molecule has 2 heterocycles. The predicted molar refractivity (Wildman–Crippen MR) is 50.5 cm³/mol. The molecule has 8 nitrogen and oxygen atoms in total. The van der Waals surface area contributed by atoms with Crippen LogP contribution in [0.2, 0.25) is 0 Å². The van der Waals surface area contributed by atoms with Crippen LogP contribution in [0.15, 0.2) is 21.7 Å². The highest BCUT2D eigenvalue weighted by Gasteiger charge is 2.32. The van der Waals surface area contributed by atoms with E-state index in [1.165, 1.54) is 12.1 Å². The quantitative estimate of drug-likeness (QED) is 0.574. The van der Waals surface area contributed by atoms with Gasteiger partial charge >= 0.3 is 5.88 Å². The first-order chi connectivity index (χ1) is 7.59. The van der Waals surface area contributed by atoms with Crippen molar-refractivity contribution >= 4 is 17.5 Å². The van der Waals surface area contributed by atoms with Crippen LogP contribution in [0.5, 0.6) is 0 Å². The largest absolute Gasteiger partial charge is 0.433 e. The zero-order valence-corrected chi connectivity index (χ0v) is 7.95. The smallest absolute Gasteiger partial charge is 0.399 e. The summed E-state index contributed by atoms with van der Waals surface area (Å²) in [6.07, 6.45) is 0. The number of amides is 1. The van der Waals surface area contributed by atoms with E-state index in [0.29, 0.717) is 0 Å². The zero-order valence-electron chi connectivity index (χ0n) is 7.95. The van der Waals surface area contributed by atoms with Gasteiger partial charge in [-0.05, 0) is 6.07 Å². The molecule has 84 valence electrons. The molecule has 1 aromatic rings. The molecule has 1 atom stereocenters. The normalized spacial score (nSPS) is 19.0. The Bertz CT molecular complexity index is 478. The lowest BCUT2D eigenvalue weighted by Crippen LogP contribution is -2.30. The van der Waals surface area contributed by atoms with Crippen molar-refractivity contribution < 1.29 is 19.0 Å². The number of nitrogens with zero attached hydrogens (tertiary/aromatic N) is 2. The highest BCUT2D eigenvalue weighted by Crippen LogP contribution is 2.22. The van der Waals surface area contributed by atoms with Crippen molar-refractivity contribution in [1.29, 1.82) is 0 Å². The predicted octanol–water partition coefficient (Wildman–Crippen LogP) is 0.0236. The number of hydrogen-bond donors (Lipinski definition) is 1. The third kappa shape index (κ3) is 1.60. The van der Waals surface area contributed by atoms with Crippen molar-refractivity contribution in [2.24, 2.45) is 16.8 Å². The molecular formula is C8H7N3O5. The number of nitrogens with two attached hydrogens (primary N) is 1. The van der Waals surface area contributed by atoms with Gasteiger partial charge in [-0.3, -0.25) is 14.9 Å². The summed E-state index contributed by atoms with van der Waals surface area (Å²) in [5.41, 5.74) is 5.30. The van der Waals surface area contributed by atoms with E-state index in [9.17, 15) is 14.9 Å². The Morgan fingerprint density at radius 1 is 1.62 bits per heavy atom. The molecule has 0 spiro atoms. The molecule has 0 bridgehead atoms. The van der Waals surface area contributed by atoms with Gasteiger partial charge < -0.3 is 15.0 Å². The molecule has 1 aromatic heterocycles. The van der Waals surface area contributed by atoms with Gasteiger partial charge in [-0.15, -0.1) is 0 Å². The number of primary amides is 1. The number of nitro groups is 1. The van der Waals surface area contributed by atoms with Gasteiger partial charge in [0.15, 0.2) is 5.76 Å². The number of carbonyl (C=O) groups is 1. The van der Waals surface area contributed by atoms with E-state index in [-0.39, 0.29) is 18.1 Å². The Kier molecular flexibility index (Phi) is 2.31. The van der Waals surface area contributed by atoms with Crippen molar-refractivity contribution in [3.63, 3.8) is 0 Å². The summed E-state index contributed by atoms with van der Waals surface area (Å²) in [6, 6.07) is 2.52. The molecule has 2 rings (SSSR count). The SMILES string of the molecule is NC(=O)C1CON=C1c1ccc([N+](=O)[O-])o1. The van der Waals surface area contributed by atoms with E-state index >= 15 is 0 Å². The van der Waals surface area contributed by atoms with E-state index in [1.807, 2.05) is 0 Å². The van der Waals surface area contributed by atoms with Gasteiger partial charge in [-0.1, -0.05) is 5.16 Å². The average molecular weight is 225 g/mol. The van der Waals surface area contributed by atoms with Crippen LogP contribution in [0.4, 0.5) is 5.88 Å². The molecule has 0 saturated carbocycles. The third-order valence-corrected chi connectivity index (χ3v) is 2.10. The van der Waals surface area contributed by atoms with Crippen LogP contribution in [0.25, 0.3) is 0 Å². The van der Waals surface area contributed by atoms with E-state index < -0.39 is 22.6 Å². The van der Waals surface area contributed by atoms with Crippen LogP contribution in [0, 0.1) is 16.0 Å². The van der Waals surface area contributed by atoms with Crippen LogP contribution in [-0.2, 0) is 9.63 Å². The molecule has 0 aromatic carbocycles. The Morgan fingerprint density at radius 2 is 2.38 bits per heavy atom. The first-order valence-electron chi connectivity index (χ1n) is 4.33. The maximum atomic E-state index is 11.0. The lowest BCUT2D eigenvalue weighted by Gasteiger charge is -2.01. The van der Waals surface area contributed by atoms with Crippen molar-refractivity contribution in [3.05, 3.63) is 28.0 Å². The molecule has 1 amide bonds. The molecule has 0 aliphatic carbocycles. The summed E-state index contributed by atoms with van der Waals surface area (Å²) >= 11 is 0.